The van der Waals surface area contributed by atoms with E-state index >= 15 is 0 Å². The minimum atomic E-state index is -3.72. The van der Waals surface area contributed by atoms with Crippen LogP contribution in [-0.2, 0) is 21.2 Å². The maximum absolute atomic E-state index is 13.0. The van der Waals surface area contributed by atoms with E-state index in [9.17, 15) is 13.2 Å². The van der Waals surface area contributed by atoms with Crippen molar-refractivity contribution < 1.29 is 27.4 Å². The number of rotatable bonds is 8. The van der Waals surface area contributed by atoms with E-state index < -0.39 is 16.0 Å². The highest BCUT2D eigenvalue weighted by atomic mass is 32.2. The van der Waals surface area contributed by atoms with Gasteiger partial charge in [0.1, 0.15) is 5.75 Å². The molecule has 33 heavy (non-hydrogen) atoms. The van der Waals surface area contributed by atoms with Crippen LogP contribution in [0.1, 0.15) is 16.7 Å². The number of sulfonamides is 1. The first-order valence-corrected chi connectivity index (χ1v) is 11.7. The molecular formula is C25H27NO6S. The number of esters is 1. The van der Waals surface area contributed by atoms with Gasteiger partial charge < -0.3 is 14.2 Å². The monoisotopic (exact) mass is 469 g/mol. The van der Waals surface area contributed by atoms with Crippen LogP contribution in [-0.4, -0.2) is 35.7 Å². The lowest BCUT2D eigenvalue weighted by atomic mass is 10.1. The number of hydrogen-bond donors (Lipinski definition) is 0. The van der Waals surface area contributed by atoms with Crippen LogP contribution in [0, 0.1) is 13.8 Å². The minimum Gasteiger partial charge on any atom is -0.493 e. The van der Waals surface area contributed by atoms with E-state index in [2.05, 4.69) is 0 Å². The average molecular weight is 470 g/mol. The van der Waals surface area contributed by atoms with Gasteiger partial charge in [0.2, 0.25) is 0 Å². The molecule has 0 radical (unpaired) electrons. The van der Waals surface area contributed by atoms with E-state index in [1.54, 1.807) is 67.8 Å². The van der Waals surface area contributed by atoms with Gasteiger partial charge in [-0.25, -0.2) is 8.42 Å². The summed E-state index contributed by atoms with van der Waals surface area (Å²) in [6.07, 6.45) is 0.0448. The summed E-state index contributed by atoms with van der Waals surface area (Å²) in [6, 6.07) is 16.6. The second-order valence-corrected chi connectivity index (χ2v) is 9.52. The Morgan fingerprint density at radius 3 is 2.12 bits per heavy atom. The Balaban J connectivity index is 1.69. The molecule has 7 nitrogen and oxygen atoms in total. The maximum atomic E-state index is 13.0. The summed E-state index contributed by atoms with van der Waals surface area (Å²) in [4.78, 5) is 12.6. The van der Waals surface area contributed by atoms with Crippen LogP contribution in [0.2, 0.25) is 0 Å². The first kappa shape index (κ1) is 24.1. The first-order chi connectivity index (χ1) is 15.6. The van der Waals surface area contributed by atoms with E-state index in [0.717, 1.165) is 11.1 Å². The summed E-state index contributed by atoms with van der Waals surface area (Å²) in [5.41, 5.74) is 3.10. The van der Waals surface area contributed by atoms with Gasteiger partial charge in [-0.3, -0.25) is 9.10 Å². The zero-order valence-corrected chi connectivity index (χ0v) is 20.1. The average Bonchev–Trinajstić information content (AvgIpc) is 2.80. The molecule has 0 atom stereocenters. The molecule has 0 aliphatic rings. The van der Waals surface area contributed by atoms with Crippen molar-refractivity contribution in [2.45, 2.75) is 25.2 Å². The van der Waals surface area contributed by atoms with Crippen molar-refractivity contribution in [3.05, 3.63) is 77.4 Å². The third-order valence-electron chi connectivity index (χ3n) is 5.37. The topological polar surface area (TPSA) is 82.1 Å². The number of aryl methyl sites for hydroxylation is 2. The second-order valence-electron chi connectivity index (χ2n) is 7.55. The van der Waals surface area contributed by atoms with Gasteiger partial charge in [0.05, 0.1) is 31.2 Å². The van der Waals surface area contributed by atoms with Gasteiger partial charge in [0, 0.05) is 7.05 Å². The molecule has 0 spiro atoms. The fourth-order valence-electron chi connectivity index (χ4n) is 3.22. The predicted octanol–water partition coefficient (Wildman–Crippen LogP) is 4.29. The molecular weight excluding hydrogens is 442 g/mol. The second kappa shape index (κ2) is 9.95. The molecule has 174 valence electrons. The molecule has 0 amide bonds. The molecule has 0 aliphatic carbocycles. The number of methoxy groups -OCH3 is 2. The quantitative estimate of drug-likeness (QED) is 0.362. The summed E-state index contributed by atoms with van der Waals surface area (Å²) in [6.45, 7) is 3.81. The first-order valence-electron chi connectivity index (χ1n) is 10.2. The van der Waals surface area contributed by atoms with Gasteiger partial charge in [-0.15, -0.1) is 0 Å². The Labute approximate surface area is 194 Å². The Morgan fingerprint density at radius 2 is 1.52 bits per heavy atom. The normalized spacial score (nSPS) is 11.1. The van der Waals surface area contributed by atoms with Crippen molar-refractivity contribution in [2.75, 3.05) is 25.6 Å². The largest absolute Gasteiger partial charge is 0.493 e. The molecule has 0 aromatic heterocycles. The van der Waals surface area contributed by atoms with Gasteiger partial charge in [0.25, 0.3) is 10.0 Å². The summed E-state index contributed by atoms with van der Waals surface area (Å²) in [7, 11) is 0.840. The van der Waals surface area contributed by atoms with Crippen LogP contribution in [0.15, 0.2) is 65.6 Å². The standard InChI is InChI=1S/C25H27NO6S/c1-17-6-12-22(14-18(17)2)33(28,29)26(3)20-8-10-21(11-9-20)32-25(27)16-19-7-13-23(30-4)24(15-19)31-5/h6-15H,16H2,1-5H3. The van der Waals surface area contributed by atoms with Crippen LogP contribution in [0.5, 0.6) is 17.2 Å². The van der Waals surface area contributed by atoms with Crippen molar-refractivity contribution in [3.63, 3.8) is 0 Å². The molecule has 0 saturated heterocycles. The Morgan fingerprint density at radius 1 is 0.848 bits per heavy atom. The van der Waals surface area contributed by atoms with E-state index in [1.165, 1.54) is 18.5 Å². The van der Waals surface area contributed by atoms with Gasteiger partial charge in [-0.1, -0.05) is 12.1 Å². The molecule has 0 N–H and O–H groups in total. The Hall–Kier alpha value is -3.52. The predicted molar refractivity (Wildman–Crippen MR) is 127 cm³/mol. The van der Waals surface area contributed by atoms with Crippen molar-refractivity contribution in [2.24, 2.45) is 0 Å². The lowest BCUT2D eigenvalue weighted by Gasteiger charge is -2.20. The molecule has 3 aromatic rings. The Kier molecular flexibility index (Phi) is 7.28. The summed E-state index contributed by atoms with van der Waals surface area (Å²) < 4.78 is 43.0. The van der Waals surface area contributed by atoms with E-state index in [4.69, 9.17) is 14.2 Å². The van der Waals surface area contributed by atoms with Crippen LogP contribution in [0.3, 0.4) is 0 Å². The van der Waals surface area contributed by atoms with Crippen LogP contribution >= 0.6 is 0 Å². The summed E-state index contributed by atoms with van der Waals surface area (Å²) in [5.74, 6) is 0.970. The fraction of sp³-hybridized carbons (Fsp3) is 0.240. The SMILES string of the molecule is COc1ccc(CC(=O)Oc2ccc(N(C)S(=O)(=O)c3ccc(C)c(C)c3)cc2)cc1OC. The van der Waals surface area contributed by atoms with Gasteiger partial charge >= 0.3 is 5.97 Å². The molecule has 0 saturated carbocycles. The Bertz CT molecular complexity index is 1250. The van der Waals surface area contributed by atoms with E-state index in [-0.39, 0.29) is 11.3 Å². The van der Waals surface area contributed by atoms with Crippen molar-refractivity contribution in [1.29, 1.82) is 0 Å². The summed E-state index contributed by atoms with van der Waals surface area (Å²) in [5, 5.41) is 0. The molecule has 0 heterocycles. The number of nitrogens with zero attached hydrogens (tertiary/aromatic N) is 1. The highest BCUT2D eigenvalue weighted by Gasteiger charge is 2.22. The van der Waals surface area contributed by atoms with Crippen molar-refractivity contribution in [3.8, 4) is 17.2 Å². The highest BCUT2D eigenvalue weighted by Crippen LogP contribution is 2.28. The maximum Gasteiger partial charge on any atom is 0.315 e. The number of carbonyl (C=O) groups is 1. The minimum absolute atomic E-state index is 0.0448. The fourth-order valence-corrected chi connectivity index (χ4v) is 4.50. The lowest BCUT2D eigenvalue weighted by molar-refractivity contribution is -0.133. The van der Waals surface area contributed by atoms with Crippen LogP contribution in [0.25, 0.3) is 0 Å². The van der Waals surface area contributed by atoms with Crippen LogP contribution < -0.4 is 18.5 Å². The molecule has 0 bridgehead atoms. The van der Waals surface area contributed by atoms with Crippen molar-refractivity contribution >= 4 is 21.7 Å². The lowest BCUT2D eigenvalue weighted by Crippen LogP contribution is -2.26. The molecule has 0 unspecified atom stereocenters. The molecule has 0 aliphatic heterocycles. The van der Waals surface area contributed by atoms with Gasteiger partial charge in [0.15, 0.2) is 11.5 Å². The molecule has 0 fully saturated rings. The van der Waals surface area contributed by atoms with Gasteiger partial charge in [-0.05, 0) is 79.1 Å². The number of hydrogen-bond acceptors (Lipinski definition) is 6. The number of benzene rings is 3. The zero-order chi connectivity index (χ0) is 24.2. The third kappa shape index (κ3) is 5.46. The van der Waals surface area contributed by atoms with Crippen LogP contribution in [0.4, 0.5) is 5.69 Å². The number of anilines is 1. The smallest absolute Gasteiger partial charge is 0.315 e. The third-order valence-corrected chi connectivity index (χ3v) is 7.15. The molecule has 3 rings (SSSR count). The molecule has 8 heteroatoms. The van der Waals surface area contributed by atoms with Crippen molar-refractivity contribution in [1.82, 2.24) is 0 Å². The highest BCUT2D eigenvalue weighted by molar-refractivity contribution is 7.92. The molecule has 3 aromatic carbocycles. The number of carbonyl (C=O) groups excluding carboxylic acids is 1. The van der Waals surface area contributed by atoms with Gasteiger partial charge in [-0.2, -0.15) is 0 Å². The van der Waals surface area contributed by atoms with E-state index in [0.29, 0.717) is 28.5 Å². The number of ether oxygens (including phenoxy) is 3. The summed E-state index contributed by atoms with van der Waals surface area (Å²) >= 11 is 0. The zero-order valence-electron chi connectivity index (χ0n) is 19.3. The van der Waals surface area contributed by atoms with E-state index in [1.807, 2.05) is 13.8 Å².